The van der Waals surface area contributed by atoms with Crippen molar-refractivity contribution in [2.24, 2.45) is 5.92 Å². The summed E-state index contributed by atoms with van der Waals surface area (Å²) in [5, 5.41) is 10.1. The van der Waals surface area contributed by atoms with Crippen molar-refractivity contribution in [3.05, 3.63) is 34.9 Å². The number of rotatable bonds is 4. The van der Waals surface area contributed by atoms with Gasteiger partial charge in [-0.05, 0) is 29.5 Å². The molecular weight excluding hydrogens is 262 g/mol. The molecule has 1 aromatic carbocycles. The fraction of sp³-hybridized carbons (Fsp3) is 0.571. The highest BCUT2D eigenvalue weighted by Gasteiger charge is 2.28. The molecule has 106 valence electrons. The SMILES string of the molecule is CCS(=O)(=O)N1Cc2ccc(C(O)C(C)C)cc2C1. The fourth-order valence-electron chi connectivity index (χ4n) is 2.33. The van der Waals surface area contributed by atoms with Gasteiger partial charge in [-0.2, -0.15) is 4.31 Å². The van der Waals surface area contributed by atoms with Gasteiger partial charge in [0.05, 0.1) is 11.9 Å². The number of hydrogen-bond donors (Lipinski definition) is 1. The summed E-state index contributed by atoms with van der Waals surface area (Å²) < 4.78 is 25.3. The van der Waals surface area contributed by atoms with Gasteiger partial charge in [-0.3, -0.25) is 0 Å². The molecule has 1 unspecified atom stereocenters. The van der Waals surface area contributed by atoms with Gasteiger partial charge in [0.25, 0.3) is 0 Å². The predicted octanol–water partition coefficient (Wildman–Crippen LogP) is 2.04. The van der Waals surface area contributed by atoms with Crippen LogP contribution in [0.2, 0.25) is 0 Å². The Morgan fingerprint density at radius 3 is 2.47 bits per heavy atom. The van der Waals surface area contributed by atoms with Gasteiger partial charge in [0.15, 0.2) is 0 Å². The van der Waals surface area contributed by atoms with Crippen molar-refractivity contribution in [1.29, 1.82) is 0 Å². The monoisotopic (exact) mass is 283 g/mol. The molecule has 0 bridgehead atoms. The first-order valence-electron chi connectivity index (χ1n) is 6.62. The van der Waals surface area contributed by atoms with Crippen LogP contribution in [0.25, 0.3) is 0 Å². The molecular formula is C14H21NO3S. The van der Waals surface area contributed by atoms with E-state index in [1.54, 1.807) is 6.92 Å². The van der Waals surface area contributed by atoms with Crippen LogP contribution in [0.5, 0.6) is 0 Å². The normalized spacial score (nSPS) is 17.7. The van der Waals surface area contributed by atoms with Crippen molar-refractivity contribution < 1.29 is 13.5 Å². The molecule has 2 rings (SSSR count). The van der Waals surface area contributed by atoms with E-state index < -0.39 is 16.1 Å². The Balaban J connectivity index is 2.26. The van der Waals surface area contributed by atoms with E-state index in [1.807, 2.05) is 32.0 Å². The largest absolute Gasteiger partial charge is 0.388 e. The lowest BCUT2D eigenvalue weighted by Crippen LogP contribution is -2.26. The van der Waals surface area contributed by atoms with Crippen LogP contribution in [-0.4, -0.2) is 23.6 Å². The summed E-state index contributed by atoms with van der Waals surface area (Å²) in [5.74, 6) is 0.276. The molecule has 0 aliphatic carbocycles. The average Bonchev–Trinajstić information content (AvgIpc) is 2.81. The first-order valence-corrected chi connectivity index (χ1v) is 8.23. The van der Waals surface area contributed by atoms with Crippen LogP contribution < -0.4 is 0 Å². The summed E-state index contributed by atoms with van der Waals surface area (Å²) in [6, 6.07) is 5.76. The second-order valence-electron chi connectivity index (χ2n) is 5.39. The summed E-state index contributed by atoms with van der Waals surface area (Å²) in [5.41, 5.74) is 2.91. The third-order valence-electron chi connectivity index (χ3n) is 3.65. The number of aliphatic hydroxyl groups excluding tert-OH is 1. The molecule has 1 heterocycles. The maximum Gasteiger partial charge on any atom is 0.214 e. The van der Waals surface area contributed by atoms with Crippen molar-refractivity contribution in [3.63, 3.8) is 0 Å². The molecule has 19 heavy (non-hydrogen) atoms. The summed E-state index contributed by atoms with van der Waals surface area (Å²) >= 11 is 0. The van der Waals surface area contributed by atoms with Gasteiger partial charge in [-0.15, -0.1) is 0 Å². The zero-order chi connectivity index (χ0) is 14.2. The van der Waals surface area contributed by atoms with Crippen molar-refractivity contribution in [3.8, 4) is 0 Å². The van der Waals surface area contributed by atoms with E-state index in [9.17, 15) is 13.5 Å². The number of hydrogen-bond acceptors (Lipinski definition) is 3. The standard InChI is InChI=1S/C14H21NO3S/c1-4-19(17,18)15-8-12-6-5-11(7-13(12)9-15)14(16)10(2)3/h5-7,10,14,16H,4,8-9H2,1-3H3. The Morgan fingerprint density at radius 1 is 1.26 bits per heavy atom. The molecule has 0 fully saturated rings. The Labute approximate surface area is 115 Å². The number of benzene rings is 1. The van der Waals surface area contributed by atoms with Crippen LogP contribution in [0.15, 0.2) is 18.2 Å². The molecule has 0 amide bonds. The van der Waals surface area contributed by atoms with Gasteiger partial charge in [0, 0.05) is 13.1 Å². The zero-order valence-electron chi connectivity index (χ0n) is 11.6. The number of fused-ring (bicyclic) bond motifs is 1. The van der Waals surface area contributed by atoms with Gasteiger partial charge in [0.1, 0.15) is 0 Å². The highest BCUT2D eigenvalue weighted by Crippen LogP contribution is 2.30. The maximum absolute atomic E-state index is 11.9. The topological polar surface area (TPSA) is 57.6 Å². The first-order chi connectivity index (χ1) is 8.85. The maximum atomic E-state index is 11.9. The highest BCUT2D eigenvalue weighted by atomic mass is 32.2. The average molecular weight is 283 g/mol. The number of nitrogens with zero attached hydrogens (tertiary/aromatic N) is 1. The van der Waals surface area contributed by atoms with E-state index >= 15 is 0 Å². The zero-order valence-corrected chi connectivity index (χ0v) is 12.4. The van der Waals surface area contributed by atoms with Gasteiger partial charge < -0.3 is 5.11 Å². The minimum atomic E-state index is -3.14. The van der Waals surface area contributed by atoms with E-state index in [-0.39, 0.29) is 11.7 Å². The minimum absolute atomic E-state index is 0.127. The molecule has 1 N–H and O–H groups in total. The Morgan fingerprint density at radius 2 is 1.89 bits per heavy atom. The molecule has 0 saturated heterocycles. The van der Waals surface area contributed by atoms with Crippen molar-refractivity contribution in [2.45, 2.75) is 40.0 Å². The second kappa shape index (κ2) is 5.23. The molecule has 4 nitrogen and oxygen atoms in total. The molecule has 0 spiro atoms. The van der Waals surface area contributed by atoms with E-state index in [0.29, 0.717) is 13.1 Å². The summed E-state index contributed by atoms with van der Waals surface area (Å²) in [4.78, 5) is 0. The van der Waals surface area contributed by atoms with Gasteiger partial charge in [-0.25, -0.2) is 8.42 Å². The van der Waals surface area contributed by atoms with E-state index in [2.05, 4.69) is 0 Å². The van der Waals surface area contributed by atoms with Gasteiger partial charge >= 0.3 is 0 Å². The van der Waals surface area contributed by atoms with E-state index in [1.165, 1.54) is 4.31 Å². The molecule has 1 aliphatic rings. The summed E-state index contributed by atoms with van der Waals surface area (Å²) in [7, 11) is -3.14. The molecule has 0 radical (unpaired) electrons. The molecule has 0 saturated carbocycles. The predicted molar refractivity (Wildman–Crippen MR) is 74.9 cm³/mol. The van der Waals surface area contributed by atoms with Crippen molar-refractivity contribution in [1.82, 2.24) is 4.31 Å². The van der Waals surface area contributed by atoms with Crippen LogP contribution in [0.1, 0.15) is 43.6 Å². The summed E-state index contributed by atoms with van der Waals surface area (Å²) in [6.45, 7) is 6.46. The van der Waals surface area contributed by atoms with Gasteiger partial charge in [-0.1, -0.05) is 32.0 Å². The van der Waals surface area contributed by atoms with Crippen LogP contribution >= 0.6 is 0 Å². The van der Waals surface area contributed by atoms with Crippen molar-refractivity contribution in [2.75, 3.05) is 5.75 Å². The molecule has 1 aliphatic heterocycles. The number of sulfonamides is 1. The van der Waals surface area contributed by atoms with Crippen LogP contribution in [0.3, 0.4) is 0 Å². The van der Waals surface area contributed by atoms with E-state index in [0.717, 1.165) is 16.7 Å². The lowest BCUT2D eigenvalue weighted by atomic mass is 9.96. The van der Waals surface area contributed by atoms with Gasteiger partial charge in [0.2, 0.25) is 10.0 Å². The smallest absolute Gasteiger partial charge is 0.214 e. The second-order valence-corrected chi connectivity index (χ2v) is 7.64. The highest BCUT2D eigenvalue weighted by molar-refractivity contribution is 7.89. The molecule has 0 aromatic heterocycles. The van der Waals surface area contributed by atoms with Crippen LogP contribution in [0.4, 0.5) is 0 Å². The quantitative estimate of drug-likeness (QED) is 0.920. The van der Waals surface area contributed by atoms with E-state index in [4.69, 9.17) is 0 Å². The Hall–Kier alpha value is -0.910. The minimum Gasteiger partial charge on any atom is -0.388 e. The molecule has 1 aromatic rings. The third-order valence-corrected chi connectivity index (χ3v) is 5.43. The summed E-state index contributed by atoms with van der Waals surface area (Å²) in [6.07, 6.45) is -0.498. The fourth-order valence-corrected chi connectivity index (χ4v) is 3.37. The number of aliphatic hydroxyl groups is 1. The lowest BCUT2D eigenvalue weighted by molar-refractivity contribution is 0.127. The lowest BCUT2D eigenvalue weighted by Gasteiger charge is -2.15. The molecule has 1 atom stereocenters. The van der Waals surface area contributed by atoms with Crippen LogP contribution in [0, 0.1) is 5.92 Å². The van der Waals surface area contributed by atoms with Crippen LogP contribution in [-0.2, 0) is 23.1 Å². The Kier molecular flexibility index (Phi) is 3.99. The third kappa shape index (κ3) is 2.83. The van der Waals surface area contributed by atoms with Crippen molar-refractivity contribution >= 4 is 10.0 Å². The first kappa shape index (κ1) is 14.5. The Bertz CT molecular complexity index is 566. The molecule has 5 heteroatoms.